The molecule has 2 aromatic heterocycles. The molecule has 0 fully saturated rings. The van der Waals surface area contributed by atoms with Gasteiger partial charge in [0, 0.05) is 12.4 Å². The van der Waals surface area contributed by atoms with E-state index >= 15 is 0 Å². The lowest BCUT2D eigenvalue weighted by Crippen LogP contribution is -2.25. The van der Waals surface area contributed by atoms with Crippen molar-refractivity contribution in [2.75, 3.05) is 7.05 Å². The highest BCUT2D eigenvalue weighted by Crippen LogP contribution is 2.21. The number of thiophene rings is 1. The second-order valence-electron chi connectivity index (χ2n) is 3.38. The zero-order valence-electron chi connectivity index (χ0n) is 8.64. The fourth-order valence-corrected chi connectivity index (χ4v) is 2.48. The molecule has 0 aromatic carbocycles. The first-order valence-electron chi connectivity index (χ1n) is 4.68. The maximum absolute atomic E-state index is 12.0. The third-order valence-corrected chi connectivity index (χ3v) is 3.64. The van der Waals surface area contributed by atoms with Crippen LogP contribution in [0.15, 0.2) is 38.0 Å². The molecule has 2 heterocycles. The molecule has 0 unspecified atom stereocenters. The summed E-state index contributed by atoms with van der Waals surface area (Å²) in [6.45, 7) is 0.485. The summed E-state index contributed by atoms with van der Waals surface area (Å²) in [4.78, 5) is 13.6. The van der Waals surface area contributed by atoms with Gasteiger partial charge in [0.15, 0.2) is 0 Å². The van der Waals surface area contributed by atoms with Crippen molar-refractivity contribution >= 4 is 33.2 Å². The largest absolute Gasteiger partial charge is 0.467 e. The quantitative estimate of drug-likeness (QED) is 0.870. The van der Waals surface area contributed by atoms with Gasteiger partial charge in [0.05, 0.1) is 22.2 Å². The predicted molar refractivity (Wildman–Crippen MR) is 66.5 cm³/mol. The Hall–Kier alpha value is -1.07. The van der Waals surface area contributed by atoms with E-state index in [1.807, 2.05) is 23.6 Å². The summed E-state index contributed by atoms with van der Waals surface area (Å²) in [6.07, 6.45) is 1.61. The molecule has 0 saturated carbocycles. The van der Waals surface area contributed by atoms with Crippen molar-refractivity contribution in [3.05, 3.63) is 45.0 Å². The summed E-state index contributed by atoms with van der Waals surface area (Å²) in [5, 5.41) is 1.84. The molecular formula is C11H10BrNO2S. The third-order valence-electron chi connectivity index (χ3n) is 2.13. The minimum Gasteiger partial charge on any atom is -0.467 e. The predicted octanol–water partition coefficient (Wildman–Crippen LogP) is 3.38. The summed E-state index contributed by atoms with van der Waals surface area (Å²) in [6, 6.07) is 5.49. The molecular weight excluding hydrogens is 290 g/mol. The van der Waals surface area contributed by atoms with Crippen molar-refractivity contribution < 1.29 is 9.21 Å². The van der Waals surface area contributed by atoms with E-state index in [1.54, 1.807) is 18.2 Å². The van der Waals surface area contributed by atoms with Crippen LogP contribution < -0.4 is 0 Å². The SMILES string of the molecule is CN(Cc1ccco1)C(=O)c1csc(Br)c1. The van der Waals surface area contributed by atoms with Crippen LogP contribution >= 0.6 is 27.3 Å². The Bertz CT molecular complexity index is 478. The molecule has 84 valence electrons. The topological polar surface area (TPSA) is 33.5 Å². The van der Waals surface area contributed by atoms with Crippen LogP contribution in [0.5, 0.6) is 0 Å². The number of hydrogen-bond acceptors (Lipinski definition) is 3. The molecule has 0 bridgehead atoms. The highest BCUT2D eigenvalue weighted by molar-refractivity contribution is 9.11. The van der Waals surface area contributed by atoms with Crippen molar-refractivity contribution in [1.82, 2.24) is 4.90 Å². The van der Waals surface area contributed by atoms with Gasteiger partial charge in [-0.1, -0.05) is 0 Å². The van der Waals surface area contributed by atoms with E-state index in [4.69, 9.17) is 4.42 Å². The van der Waals surface area contributed by atoms with Crippen LogP contribution in [-0.2, 0) is 6.54 Å². The van der Waals surface area contributed by atoms with Crippen LogP contribution in [0.1, 0.15) is 16.1 Å². The Morgan fingerprint density at radius 3 is 3.00 bits per heavy atom. The zero-order valence-corrected chi connectivity index (χ0v) is 11.0. The van der Waals surface area contributed by atoms with E-state index < -0.39 is 0 Å². The van der Waals surface area contributed by atoms with Crippen LogP contribution in [0.2, 0.25) is 0 Å². The van der Waals surface area contributed by atoms with Gasteiger partial charge in [-0.2, -0.15) is 0 Å². The van der Waals surface area contributed by atoms with Gasteiger partial charge in [-0.15, -0.1) is 11.3 Å². The maximum atomic E-state index is 12.0. The Kier molecular flexibility index (Phi) is 3.46. The molecule has 0 spiro atoms. The second-order valence-corrected chi connectivity index (χ2v) is 5.67. The number of halogens is 1. The van der Waals surface area contributed by atoms with Crippen LogP contribution in [0.4, 0.5) is 0 Å². The van der Waals surface area contributed by atoms with E-state index in [1.165, 1.54) is 11.3 Å². The smallest absolute Gasteiger partial charge is 0.254 e. The van der Waals surface area contributed by atoms with Gasteiger partial charge in [0.25, 0.3) is 5.91 Å². The lowest BCUT2D eigenvalue weighted by atomic mass is 10.3. The average Bonchev–Trinajstić information content (AvgIpc) is 2.88. The number of furan rings is 1. The molecule has 16 heavy (non-hydrogen) atoms. The molecule has 1 amide bonds. The second kappa shape index (κ2) is 4.84. The molecule has 0 atom stereocenters. The minimum absolute atomic E-state index is 0.00153. The highest BCUT2D eigenvalue weighted by atomic mass is 79.9. The lowest BCUT2D eigenvalue weighted by molar-refractivity contribution is 0.0776. The molecule has 0 saturated heterocycles. The average molecular weight is 300 g/mol. The van der Waals surface area contributed by atoms with Crippen LogP contribution in [0.3, 0.4) is 0 Å². The summed E-state index contributed by atoms with van der Waals surface area (Å²) in [7, 11) is 1.76. The molecule has 2 aromatic rings. The Morgan fingerprint density at radius 2 is 2.44 bits per heavy atom. The van der Waals surface area contributed by atoms with E-state index in [9.17, 15) is 4.79 Å². The van der Waals surface area contributed by atoms with Crippen molar-refractivity contribution in [2.45, 2.75) is 6.54 Å². The lowest BCUT2D eigenvalue weighted by Gasteiger charge is -2.14. The summed E-state index contributed by atoms with van der Waals surface area (Å²) < 4.78 is 6.16. The van der Waals surface area contributed by atoms with Gasteiger partial charge >= 0.3 is 0 Å². The summed E-state index contributed by atoms with van der Waals surface area (Å²) in [5.41, 5.74) is 0.700. The van der Waals surface area contributed by atoms with Crippen molar-refractivity contribution in [3.8, 4) is 0 Å². The first-order valence-corrected chi connectivity index (χ1v) is 6.36. The van der Waals surface area contributed by atoms with Gasteiger partial charge in [-0.25, -0.2) is 0 Å². The van der Waals surface area contributed by atoms with E-state index in [0.717, 1.165) is 9.55 Å². The Balaban J connectivity index is 2.05. The molecule has 3 nitrogen and oxygen atoms in total. The third kappa shape index (κ3) is 2.54. The van der Waals surface area contributed by atoms with Gasteiger partial charge in [-0.05, 0) is 34.1 Å². The fourth-order valence-electron chi connectivity index (χ4n) is 1.35. The molecule has 5 heteroatoms. The molecule has 0 aliphatic heterocycles. The van der Waals surface area contributed by atoms with E-state index in [-0.39, 0.29) is 5.91 Å². The monoisotopic (exact) mass is 299 g/mol. The fraction of sp³-hybridized carbons (Fsp3) is 0.182. The minimum atomic E-state index is -0.00153. The normalized spacial score (nSPS) is 10.4. The number of rotatable bonds is 3. The molecule has 0 radical (unpaired) electrons. The number of hydrogen-bond donors (Lipinski definition) is 0. The Labute approximate surface area is 106 Å². The van der Waals surface area contributed by atoms with E-state index in [0.29, 0.717) is 12.1 Å². The van der Waals surface area contributed by atoms with Crippen LogP contribution in [-0.4, -0.2) is 17.9 Å². The number of amides is 1. The number of nitrogens with zero attached hydrogens (tertiary/aromatic N) is 1. The zero-order chi connectivity index (χ0) is 11.5. The molecule has 0 aliphatic carbocycles. The standard InChI is InChI=1S/C11H10BrNO2S/c1-13(6-9-3-2-4-15-9)11(14)8-5-10(12)16-7-8/h2-5,7H,6H2,1H3. The van der Waals surface area contributed by atoms with Crippen molar-refractivity contribution in [2.24, 2.45) is 0 Å². The van der Waals surface area contributed by atoms with Gasteiger partial charge in [0.2, 0.25) is 0 Å². The van der Waals surface area contributed by atoms with Gasteiger partial charge in [0.1, 0.15) is 5.76 Å². The first kappa shape index (κ1) is 11.4. The first-order chi connectivity index (χ1) is 7.66. The van der Waals surface area contributed by atoms with E-state index in [2.05, 4.69) is 15.9 Å². The van der Waals surface area contributed by atoms with Gasteiger partial charge in [-0.3, -0.25) is 4.79 Å². The van der Waals surface area contributed by atoms with Gasteiger partial charge < -0.3 is 9.32 Å². The maximum Gasteiger partial charge on any atom is 0.254 e. The molecule has 0 N–H and O–H groups in total. The Morgan fingerprint density at radius 1 is 1.62 bits per heavy atom. The summed E-state index contributed by atoms with van der Waals surface area (Å²) >= 11 is 4.84. The van der Waals surface area contributed by atoms with Crippen LogP contribution in [0, 0.1) is 0 Å². The summed E-state index contributed by atoms with van der Waals surface area (Å²) in [5.74, 6) is 0.781. The number of carbonyl (C=O) groups is 1. The van der Waals surface area contributed by atoms with Crippen molar-refractivity contribution in [1.29, 1.82) is 0 Å². The van der Waals surface area contributed by atoms with Crippen LogP contribution in [0.25, 0.3) is 0 Å². The molecule has 0 aliphatic rings. The molecule has 2 rings (SSSR count). The van der Waals surface area contributed by atoms with Crippen molar-refractivity contribution in [3.63, 3.8) is 0 Å². The number of carbonyl (C=O) groups excluding carboxylic acids is 1. The highest BCUT2D eigenvalue weighted by Gasteiger charge is 2.14.